The molecule has 10 heteroatoms. The Morgan fingerprint density at radius 2 is 1.76 bits per heavy atom. The zero-order valence-electron chi connectivity index (χ0n) is 12.2. The van der Waals surface area contributed by atoms with E-state index in [1.807, 2.05) is 0 Å². The van der Waals surface area contributed by atoms with E-state index in [-0.39, 0.29) is 11.9 Å². The fraction of sp³-hybridized carbons (Fsp3) is 0.636. The van der Waals surface area contributed by atoms with Crippen molar-refractivity contribution in [3.8, 4) is 0 Å². The molecule has 0 unspecified atom stereocenters. The molecule has 0 radical (unpaired) electrons. The van der Waals surface area contributed by atoms with Crippen LogP contribution in [0.5, 0.6) is 0 Å². The van der Waals surface area contributed by atoms with E-state index in [0.717, 1.165) is 23.8 Å². The number of aryl methyl sites for hydroxylation is 1. The van der Waals surface area contributed by atoms with Crippen molar-refractivity contribution in [2.45, 2.75) is 18.9 Å². The van der Waals surface area contributed by atoms with Gasteiger partial charge in [0.2, 0.25) is 11.9 Å². The number of carbonyl (C=O) groups excluding carboxylic acids is 1. The third-order valence-corrected chi connectivity index (χ3v) is 6.73. The lowest BCUT2D eigenvalue weighted by Crippen LogP contribution is -2.42. The first-order valence-corrected chi connectivity index (χ1v) is 9.71. The molecular formula is C11H21N5O3SSi. The van der Waals surface area contributed by atoms with Gasteiger partial charge in [-0.1, -0.05) is 0 Å². The van der Waals surface area contributed by atoms with Gasteiger partial charge >= 0.3 is 8.56 Å². The summed E-state index contributed by atoms with van der Waals surface area (Å²) >= 11 is 1.75. The van der Waals surface area contributed by atoms with Crippen LogP contribution in [0.3, 0.4) is 0 Å². The van der Waals surface area contributed by atoms with Gasteiger partial charge in [0.05, 0.1) is 0 Å². The van der Waals surface area contributed by atoms with Crippen molar-refractivity contribution in [1.82, 2.24) is 15.0 Å². The van der Waals surface area contributed by atoms with Gasteiger partial charge in [-0.05, 0) is 18.2 Å². The highest BCUT2D eigenvalue weighted by Gasteiger charge is 2.34. The standard InChI is InChI=1S/C11H21N5O3SSi/c1-18-21(8-17,19-2)7-3-5-20-6-4-9-14-10(12)16-11(13)15-9/h8H,3-7H2,1-2H3,(H4,12,13,14,15,16). The second-order valence-corrected chi connectivity index (χ2v) is 8.67. The minimum atomic E-state index is -2.62. The minimum Gasteiger partial charge on any atom is -0.393 e. The number of nitrogens with zero attached hydrogens (tertiary/aromatic N) is 3. The molecule has 0 spiro atoms. The Bertz CT molecular complexity index is 441. The molecule has 0 atom stereocenters. The first-order chi connectivity index (χ1) is 10.0. The molecule has 0 saturated heterocycles. The van der Waals surface area contributed by atoms with E-state index in [9.17, 15) is 4.79 Å². The summed E-state index contributed by atoms with van der Waals surface area (Å²) in [6.45, 7) is 0. The molecule has 1 rings (SSSR count). The minimum absolute atomic E-state index is 0.143. The van der Waals surface area contributed by atoms with Gasteiger partial charge in [-0.15, -0.1) is 0 Å². The predicted octanol–water partition coefficient (Wildman–Crippen LogP) is 0.209. The van der Waals surface area contributed by atoms with Crippen LogP contribution in [0.4, 0.5) is 11.9 Å². The predicted molar refractivity (Wildman–Crippen MR) is 85.6 cm³/mol. The zero-order chi connectivity index (χ0) is 15.7. The van der Waals surface area contributed by atoms with E-state index < -0.39 is 8.56 Å². The van der Waals surface area contributed by atoms with Gasteiger partial charge in [0.15, 0.2) is 5.91 Å². The average molecular weight is 331 g/mol. The fourth-order valence-corrected chi connectivity index (χ4v) is 4.39. The van der Waals surface area contributed by atoms with Crippen molar-refractivity contribution in [3.63, 3.8) is 0 Å². The fourth-order valence-electron chi connectivity index (χ4n) is 1.70. The molecule has 1 aromatic heterocycles. The summed E-state index contributed by atoms with van der Waals surface area (Å²) in [4.78, 5) is 22.8. The Morgan fingerprint density at radius 1 is 1.14 bits per heavy atom. The van der Waals surface area contributed by atoms with Crippen molar-refractivity contribution < 1.29 is 13.6 Å². The molecule has 0 aliphatic carbocycles. The van der Waals surface area contributed by atoms with Gasteiger partial charge in [-0.25, -0.2) is 0 Å². The smallest absolute Gasteiger partial charge is 0.393 e. The Hall–Kier alpha value is -1.23. The number of nitrogen functional groups attached to an aromatic ring is 2. The van der Waals surface area contributed by atoms with Gasteiger partial charge in [0.25, 0.3) is 0 Å². The number of hydrogen-bond donors (Lipinski definition) is 2. The summed E-state index contributed by atoms with van der Waals surface area (Å²) in [7, 11) is 0.425. The molecule has 0 saturated carbocycles. The van der Waals surface area contributed by atoms with Gasteiger partial charge < -0.3 is 25.1 Å². The molecule has 0 amide bonds. The maximum atomic E-state index is 11.0. The van der Waals surface area contributed by atoms with Crippen molar-refractivity contribution >= 4 is 38.1 Å². The molecule has 0 bridgehead atoms. The number of carbonyl (C=O) groups is 1. The largest absolute Gasteiger partial charge is 0.405 e. The first-order valence-electron chi connectivity index (χ1n) is 6.45. The van der Waals surface area contributed by atoms with Crippen LogP contribution in [0.2, 0.25) is 6.04 Å². The third-order valence-electron chi connectivity index (χ3n) is 2.87. The van der Waals surface area contributed by atoms with Gasteiger partial charge in [0, 0.05) is 26.4 Å². The van der Waals surface area contributed by atoms with Crippen molar-refractivity contribution in [2.24, 2.45) is 0 Å². The summed E-state index contributed by atoms with van der Waals surface area (Å²) in [6.07, 6.45) is 1.53. The number of aromatic nitrogens is 3. The van der Waals surface area contributed by atoms with Crippen molar-refractivity contribution in [2.75, 3.05) is 37.2 Å². The van der Waals surface area contributed by atoms with Crippen LogP contribution in [-0.2, 0) is 20.1 Å². The highest BCUT2D eigenvalue weighted by Crippen LogP contribution is 2.15. The molecule has 0 fully saturated rings. The topological polar surface area (TPSA) is 126 Å². The van der Waals surface area contributed by atoms with Crippen LogP contribution in [0.15, 0.2) is 0 Å². The quantitative estimate of drug-likeness (QED) is 0.351. The van der Waals surface area contributed by atoms with Gasteiger partial charge in [-0.3, -0.25) is 0 Å². The second-order valence-electron chi connectivity index (χ2n) is 4.27. The summed E-state index contributed by atoms with van der Waals surface area (Å²) < 4.78 is 10.4. The Labute approximate surface area is 129 Å². The van der Waals surface area contributed by atoms with Crippen molar-refractivity contribution in [3.05, 3.63) is 5.82 Å². The highest BCUT2D eigenvalue weighted by atomic mass is 32.2. The molecule has 1 heterocycles. The second kappa shape index (κ2) is 8.92. The first kappa shape index (κ1) is 17.8. The monoisotopic (exact) mass is 331 g/mol. The Balaban J connectivity index is 2.24. The number of anilines is 2. The van der Waals surface area contributed by atoms with E-state index >= 15 is 0 Å². The van der Waals surface area contributed by atoms with Crippen LogP contribution in [0, 0.1) is 0 Å². The zero-order valence-corrected chi connectivity index (χ0v) is 14.1. The van der Waals surface area contributed by atoms with E-state index in [1.54, 1.807) is 11.8 Å². The van der Waals surface area contributed by atoms with E-state index in [1.165, 1.54) is 14.2 Å². The summed E-state index contributed by atoms with van der Waals surface area (Å²) in [6, 6.07) is 0.655. The molecule has 0 aliphatic rings. The van der Waals surface area contributed by atoms with E-state index in [0.29, 0.717) is 18.3 Å². The average Bonchev–Trinajstić information content (AvgIpc) is 2.46. The normalized spacial score (nSPS) is 11.5. The summed E-state index contributed by atoms with van der Waals surface area (Å²) in [5.41, 5.74) is 11.0. The molecule has 0 aliphatic heterocycles. The lowest BCUT2D eigenvalue weighted by molar-refractivity contribution is 0.258. The number of hydrogen-bond acceptors (Lipinski definition) is 9. The van der Waals surface area contributed by atoms with Crippen LogP contribution < -0.4 is 11.5 Å². The molecule has 0 aromatic carbocycles. The number of nitrogens with two attached hydrogens (primary N) is 2. The Kier molecular flexibility index (Phi) is 7.57. The van der Waals surface area contributed by atoms with Crippen LogP contribution in [0.25, 0.3) is 0 Å². The van der Waals surface area contributed by atoms with Crippen LogP contribution in [0.1, 0.15) is 12.2 Å². The van der Waals surface area contributed by atoms with E-state index in [4.69, 9.17) is 20.3 Å². The Morgan fingerprint density at radius 3 is 2.29 bits per heavy atom. The molecule has 21 heavy (non-hydrogen) atoms. The molecular weight excluding hydrogens is 310 g/mol. The van der Waals surface area contributed by atoms with Crippen LogP contribution >= 0.6 is 11.8 Å². The summed E-state index contributed by atoms with van der Waals surface area (Å²) in [5, 5.41) is 0. The maximum Gasteiger partial charge on any atom is 0.405 e. The van der Waals surface area contributed by atoms with Crippen LogP contribution in [-0.4, -0.2) is 55.1 Å². The number of rotatable bonds is 10. The maximum absolute atomic E-state index is 11.0. The van der Waals surface area contributed by atoms with Gasteiger partial charge in [-0.2, -0.15) is 26.7 Å². The molecule has 118 valence electrons. The van der Waals surface area contributed by atoms with E-state index in [2.05, 4.69) is 15.0 Å². The SMILES string of the molecule is CO[Si](C=O)(CCCSCCc1nc(N)nc(N)n1)OC. The lowest BCUT2D eigenvalue weighted by Gasteiger charge is -2.20. The molecule has 1 aromatic rings. The lowest BCUT2D eigenvalue weighted by atomic mass is 10.4. The molecule has 8 nitrogen and oxygen atoms in total. The highest BCUT2D eigenvalue weighted by molar-refractivity contribution is 7.99. The van der Waals surface area contributed by atoms with Gasteiger partial charge in [0.1, 0.15) is 5.82 Å². The number of thioether (sulfide) groups is 1. The third kappa shape index (κ3) is 5.95. The molecule has 4 N–H and O–H groups in total. The van der Waals surface area contributed by atoms with Crippen molar-refractivity contribution in [1.29, 1.82) is 0 Å². The summed E-state index contributed by atoms with van der Waals surface area (Å²) in [5.74, 6) is 3.46.